The predicted octanol–water partition coefficient (Wildman–Crippen LogP) is 0.0636. The Morgan fingerprint density at radius 2 is 1.78 bits per heavy atom. The lowest BCUT2D eigenvalue weighted by atomic mass is 10.0. The zero-order valence-electron chi connectivity index (χ0n) is 12.3. The molecule has 0 radical (unpaired) electrons. The number of carbonyl (C=O) groups is 1. The summed E-state index contributed by atoms with van der Waals surface area (Å²) in [6.45, 7) is 11.4. The predicted molar refractivity (Wildman–Crippen MR) is 76.4 cm³/mol. The Morgan fingerprint density at radius 1 is 1.11 bits per heavy atom. The minimum Gasteiger partial charge on any atom is -0.355 e. The van der Waals surface area contributed by atoms with Crippen LogP contribution in [0.15, 0.2) is 0 Å². The van der Waals surface area contributed by atoms with Crippen molar-refractivity contribution in [2.75, 3.05) is 26.2 Å². The van der Waals surface area contributed by atoms with Crippen LogP contribution in [0.2, 0.25) is 0 Å². The van der Waals surface area contributed by atoms with E-state index < -0.39 is 0 Å². The molecule has 108 valence electrons. The van der Waals surface area contributed by atoms with Crippen molar-refractivity contribution in [1.29, 1.82) is 0 Å². The van der Waals surface area contributed by atoms with Crippen LogP contribution in [0.3, 0.4) is 0 Å². The van der Waals surface area contributed by atoms with Gasteiger partial charge in [-0.2, -0.15) is 0 Å². The van der Waals surface area contributed by atoms with Crippen LogP contribution >= 0.6 is 0 Å². The highest BCUT2D eigenvalue weighted by atomic mass is 16.1. The van der Waals surface area contributed by atoms with Gasteiger partial charge in [-0.05, 0) is 19.8 Å². The van der Waals surface area contributed by atoms with Gasteiger partial charge in [-0.15, -0.1) is 0 Å². The molecule has 5 N–H and O–H groups in total. The molecule has 0 spiro atoms. The summed E-state index contributed by atoms with van der Waals surface area (Å²) in [5.41, 5.74) is 5.35. The highest BCUT2D eigenvalue weighted by molar-refractivity contribution is 5.76. The van der Waals surface area contributed by atoms with E-state index in [0.717, 1.165) is 13.1 Å². The van der Waals surface area contributed by atoms with Crippen molar-refractivity contribution in [3.63, 3.8) is 0 Å². The second-order valence-corrected chi connectivity index (χ2v) is 5.19. The Hall–Kier alpha value is -0.650. The molecule has 0 bridgehead atoms. The van der Waals surface area contributed by atoms with E-state index in [1.54, 1.807) is 0 Å². The largest absolute Gasteiger partial charge is 0.355 e. The number of rotatable bonds is 10. The Morgan fingerprint density at radius 3 is 2.33 bits per heavy atom. The van der Waals surface area contributed by atoms with Crippen LogP contribution in [0.4, 0.5) is 0 Å². The Labute approximate surface area is 111 Å². The van der Waals surface area contributed by atoms with E-state index >= 15 is 0 Å². The summed E-state index contributed by atoms with van der Waals surface area (Å²) in [6, 6.07) is 0.637. The molecule has 0 aliphatic rings. The lowest BCUT2D eigenvalue weighted by molar-refractivity contribution is -0.121. The number of hydrogen-bond acceptors (Lipinski definition) is 4. The zero-order valence-corrected chi connectivity index (χ0v) is 12.3. The first kappa shape index (κ1) is 17.4. The van der Waals surface area contributed by atoms with Crippen molar-refractivity contribution < 1.29 is 4.79 Å². The fraction of sp³-hybridized carbons (Fsp3) is 0.923. The number of nitrogens with two attached hydrogens (primary N) is 1. The van der Waals surface area contributed by atoms with Gasteiger partial charge in [0.1, 0.15) is 0 Å². The van der Waals surface area contributed by atoms with Gasteiger partial charge in [0.25, 0.3) is 0 Å². The van der Waals surface area contributed by atoms with Gasteiger partial charge in [0.15, 0.2) is 0 Å². The number of nitrogens with one attached hydrogen (secondary N) is 3. The Bertz CT molecular complexity index is 221. The van der Waals surface area contributed by atoms with E-state index in [4.69, 9.17) is 5.73 Å². The maximum absolute atomic E-state index is 11.6. The molecule has 0 rings (SSSR count). The third-order valence-electron chi connectivity index (χ3n) is 2.98. The Kier molecular flexibility index (Phi) is 9.92. The van der Waals surface area contributed by atoms with E-state index in [-0.39, 0.29) is 11.9 Å². The standard InChI is InChI=1S/C13H30N4O/c1-10(2)12(4)17-11(3)9-13(18)16-8-7-15-6-5-14/h10-12,15,17H,5-9,14H2,1-4H3,(H,16,18). The third-order valence-corrected chi connectivity index (χ3v) is 2.98. The topological polar surface area (TPSA) is 79.2 Å². The Balaban J connectivity index is 3.61. The molecule has 0 aliphatic heterocycles. The van der Waals surface area contributed by atoms with Crippen LogP contribution in [0.5, 0.6) is 0 Å². The van der Waals surface area contributed by atoms with E-state index in [1.807, 2.05) is 6.92 Å². The van der Waals surface area contributed by atoms with Crippen molar-refractivity contribution in [3.05, 3.63) is 0 Å². The van der Waals surface area contributed by atoms with Crippen LogP contribution < -0.4 is 21.7 Å². The summed E-state index contributed by atoms with van der Waals surface area (Å²) >= 11 is 0. The van der Waals surface area contributed by atoms with Crippen molar-refractivity contribution >= 4 is 5.91 Å². The minimum absolute atomic E-state index is 0.0977. The molecule has 1 amide bonds. The van der Waals surface area contributed by atoms with Crippen molar-refractivity contribution in [2.45, 2.75) is 46.2 Å². The molecule has 18 heavy (non-hydrogen) atoms. The number of amides is 1. The molecule has 0 aromatic rings. The van der Waals surface area contributed by atoms with Crippen molar-refractivity contribution in [3.8, 4) is 0 Å². The van der Waals surface area contributed by atoms with Gasteiger partial charge < -0.3 is 21.7 Å². The first-order chi connectivity index (χ1) is 8.47. The summed E-state index contributed by atoms with van der Waals surface area (Å²) in [7, 11) is 0. The van der Waals surface area contributed by atoms with Gasteiger partial charge in [0.05, 0.1) is 0 Å². The highest BCUT2D eigenvalue weighted by Gasteiger charge is 2.13. The molecule has 2 atom stereocenters. The molecule has 0 saturated heterocycles. The molecule has 0 aliphatic carbocycles. The van der Waals surface area contributed by atoms with Crippen molar-refractivity contribution in [2.24, 2.45) is 11.7 Å². The van der Waals surface area contributed by atoms with Gasteiger partial charge in [0, 0.05) is 44.7 Å². The van der Waals surface area contributed by atoms with Crippen LogP contribution in [-0.2, 0) is 4.79 Å². The summed E-state index contributed by atoms with van der Waals surface area (Å²) in [5.74, 6) is 0.677. The van der Waals surface area contributed by atoms with Crippen molar-refractivity contribution in [1.82, 2.24) is 16.0 Å². The van der Waals surface area contributed by atoms with Gasteiger partial charge in [-0.1, -0.05) is 13.8 Å². The molecule has 2 unspecified atom stereocenters. The fourth-order valence-corrected chi connectivity index (χ4v) is 1.57. The summed E-state index contributed by atoms with van der Waals surface area (Å²) in [5, 5.41) is 9.46. The maximum Gasteiger partial charge on any atom is 0.221 e. The average Bonchev–Trinajstić information content (AvgIpc) is 2.28. The lowest BCUT2D eigenvalue weighted by Gasteiger charge is -2.22. The summed E-state index contributed by atoms with van der Waals surface area (Å²) < 4.78 is 0. The third kappa shape index (κ3) is 9.39. The van der Waals surface area contributed by atoms with Crippen LogP contribution in [0, 0.1) is 5.92 Å². The van der Waals surface area contributed by atoms with Gasteiger partial charge >= 0.3 is 0 Å². The molecular formula is C13H30N4O. The fourth-order valence-electron chi connectivity index (χ4n) is 1.57. The molecular weight excluding hydrogens is 228 g/mol. The minimum atomic E-state index is 0.0977. The normalized spacial score (nSPS) is 14.6. The number of hydrogen-bond donors (Lipinski definition) is 4. The lowest BCUT2D eigenvalue weighted by Crippen LogP contribution is -2.41. The van der Waals surface area contributed by atoms with E-state index in [2.05, 4.69) is 36.7 Å². The van der Waals surface area contributed by atoms with Crippen LogP contribution in [0.25, 0.3) is 0 Å². The van der Waals surface area contributed by atoms with Gasteiger partial charge in [-0.3, -0.25) is 4.79 Å². The quantitative estimate of drug-likeness (QED) is 0.418. The highest BCUT2D eigenvalue weighted by Crippen LogP contribution is 2.02. The molecule has 5 nitrogen and oxygen atoms in total. The zero-order chi connectivity index (χ0) is 14.0. The first-order valence-corrected chi connectivity index (χ1v) is 6.90. The molecule has 0 saturated carbocycles. The van der Waals surface area contributed by atoms with E-state index in [0.29, 0.717) is 31.5 Å². The first-order valence-electron chi connectivity index (χ1n) is 6.90. The van der Waals surface area contributed by atoms with E-state index in [1.165, 1.54) is 0 Å². The second kappa shape index (κ2) is 10.3. The SMILES string of the molecule is CC(CC(=O)NCCNCCN)NC(C)C(C)C. The molecule has 0 aromatic carbocycles. The van der Waals surface area contributed by atoms with Gasteiger partial charge in [0.2, 0.25) is 5.91 Å². The van der Waals surface area contributed by atoms with E-state index in [9.17, 15) is 4.79 Å². The molecule has 0 fully saturated rings. The average molecular weight is 258 g/mol. The molecule has 0 aromatic heterocycles. The maximum atomic E-state index is 11.6. The molecule has 5 heteroatoms. The summed E-state index contributed by atoms with van der Waals surface area (Å²) in [6.07, 6.45) is 0.522. The molecule has 0 heterocycles. The van der Waals surface area contributed by atoms with Gasteiger partial charge in [-0.25, -0.2) is 0 Å². The van der Waals surface area contributed by atoms with Crippen LogP contribution in [0.1, 0.15) is 34.1 Å². The monoisotopic (exact) mass is 258 g/mol. The smallest absolute Gasteiger partial charge is 0.221 e. The van der Waals surface area contributed by atoms with Crippen LogP contribution in [-0.4, -0.2) is 44.2 Å². The number of carbonyl (C=O) groups excluding carboxylic acids is 1. The second-order valence-electron chi connectivity index (χ2n) is 5.19. The summed E-state index contributed by atoms with van der Waals surface area (Å²) in [4.78, 5) is 11.6.